The molecule has 0 saturated carbocycles. The van der Waals surface area contributed by atoms with Crippen LogP contribution in [0.5, 0.6) is 0 Å². The van der Waals surface area contributed by atoms with Crippen molar-refractivity contribution in [3.8, 4) is 0 Å². The lowest BCUT2D eigenvalue weighted by molar-refractivity contribution is 0.484. The van der Waals surface area contributed by atoms with E-state index < -0.39 is 6.42 Å². The van der Waals surface area contributed by atoms with Crippen LogP contribution in [0, 0.1) is 0 Å². The van der Waals surface area contributed by atoms with Crippen molar-refractivity contribution >= 4 is 21.9 Å². The third-order valence-electron chi connectivity index (χ3n) is 1.53. The highest BCUT2D eigenvalue weighted by molar-refractivity contribution is 9.41. The summed E-state index contributed by atoms with van der Waals surface area (Å²) in [5.74, 6) is 0. The van der Waals surface area contributed by atoms with Crippen molar-refractivity contribution in [2.24, 2.45) is 0 Å². The number of hydrogen-bond acceptors (Lipinski definition) is 3. The molecule has 0 aromatic rings. The zero-order valence-electron chi connectivity index (χ0n) is 8.17. The van der Waals surface area contributed by atoms with Crippen molar-refractivity contribution in [3.63, 3.8) is 0 Å². The third-order valence-corrected chi connectivity index (χ3v) is 10.3. The van der Waals surface area contributed by atoms with Gasteiger partial charge >= 0.3 is 0 Å². The summed E-state index contributed by atoms with van der Waals surface area (Å²) in [6.45, 7) is 0. The van der Waals surface area contributed by atoms with Crippen LogP contribution in [0.2, 0.25) is 0 Å². The van der Waals surface area contributed by atoms with Crippen molar-refractivity contribution in [3.05, 3.63) is 0 Å². The molecule has 0 aliphatic carbocycles. The normalized spacial score (nSPS) is 13.6. The van der Waals surface area contributed by atoms with Gasteiger partial charge in [-0.05, 0) is 0 Å². The molecule has 0 aliphatic heterocycles. The highest BCUT2D eigenvalue weighted by atomic mass is 79.9. The van der Waals surface area contributed by atoms with Crippen LogP contribution in [-0.4, -0.2) is 56.3 Å². The summed E-state index contributed by atoms with van der Waals surface area (Å²) >= 11 is 3.77. The first kappa shape index (κ1) is 11.8. The van der Waals surface area contributed by atoms with Crippen LogP contribution in [0.4, 0.5) is 0 Å². The molecule has 0 aromatic heterocycles. The fraction of sp³-hybridized carbons (Fsp3) is 1.00. The predicted octanol–water partition coefficient (Wildman–Crippen LogP) is 1.74. The molecule has 0 N–H and O–H groups in total. The summed E-state index contributed by atoms with van der Waals surface area (Å²) in [5.41, 5.74) is 0. The first-order chi connectivity index (χ1) is 4.83. The lowest BCUT2D eigenvalue weighted by Crippen LogP contribution is -2.31. The Morgan fingerprint density at radius 1 is 0.727 bits per heavy atom. The van der Waals surface area contributed by atoms with Gasteiger partial charge in [0.2, 0.25) is 15.5 Å². The first-order valence-corrected chi connectivity index (χ1v) is 7.12. The van der Waals surface area contributed by atoms with Crippen LogP contribution in [0.25, 0.3) is 0 Å². The van der Waals surface area contributed by atoms with Crippen molar-refractivity contribution in [1.82, 2.24) is 14.0 Å². The SMILES string of the molecule is CN(C)[P+](Br)(N(C)C)N(C)C. The molecule has 0 spiro atoms. The summed E-state index contributed by atoms with van der Waals surface area (Å²) < 4.78 is 6.65. The standard InChI is InChI=1S/C6H18BrN3P/c1-8(2)11(7,9(3)4)10(5)6/h1-6H3/q+1. The average molecular weight is 243 g/mol. The van der Waals surface area contributed by atoms with Crippen LogP contribution < -0.4 is 0 Å². The van der Waals surface area contributed by atoms with Crippen LogP contribution in [0.1, 0.15) is 0 Å². The molecular formula is C6H18BrN3P+. The highest BCUT2D eigenvalue weighted by Crippen LogP contribution is 2.70. The minimum Gasteiger partial charge on any atom is -0.145 e. The monoisotopic (exact) mass is 242 g/mol. The molecule has 0 amide bonds. The lowest BCUT2D eigenvalue weighted by Gasteiger charge is -2.33. The van der Waals surface area contributed by atoms with Gasteiger partial charge in [-0.2, -0.15) is 0 Å². The smallest absolute Gasteiger partial charge is 0.145 e. The van der Waals surface area contributed by atoms with Crippen molar-refractivity contribution in [2.45, 2.75) is 0 Å². The molecule has 0 rings (SSSR count). The third kappa shape index (κ3) is 2.36. The fourth-order valence-corrected chi connectivity index (χ4v) is 3.22. The molecule has 0 aromatic carbocycles. The first-order valence-electron chi connectivity index (χ1n) is 3.45. The van der Waals surface area contributed by atoms with E-state index in [2.05, 4.69) is 71.8 Å². The Hall–Kier alpha value is 0.790. The molecule has 68 valence electrons. The van der Waals surface area contributed by atoms with E-state index in [1.54, 1.807) is 0 Å². The molecule has 0 bridgehead atoms. The van der Waals surface area contributed by atoms with E-state index in [1.807, 2.05) is 0 Å². The van der Waals surface area contributed by atoms with Crippen LogP contribution in [0.15, 0.2) is 0 Å². The van der Waals surface area contributed by atoms with Gasteiger partial charge in [-0.15, -0.1) is 14.0 Å². The van der Waals surface area contributed by atoms with Gasteiger partial charge in [-0.1, -0.05) is 0 Å². The van der Waals surface area contributed by atoms with E-state index in [-0.39, 0.29) is 0 Å². The zero-order chi connectivity index (χ0) is 9.23. The maximum Gasteiger partial charge on any atom is 0.298 e. The molecule has 3 nitrogen and oxygen atoms in total. The summed E-state index contributed by atoms with van der Waals surface area (Å²) in [7, 11) is 12.5. The Labute approximate surface area is 78.6 Å². The van der Waals surface area contributed by atoms with E-state index in [9.17, 15) is 0 Å². The van der Waals surface area contributed by atoms with Gasteiger partial charge in [-0.25, -0.2) is 0 Å². The summed E-state index contributed by atoms with van der Waals surface area (Å²) in [6.07, 6.45) is -1.37. The molecule has 0 heterocycles. The number of hydrogen-bond donors (Lipinski definition) is 0. The van der Waals surface area contributed by atoms with Gasteiger partial charge in [-0.3, -0.25) is 0 Å². The second-order valence-electron chi connectivity index (χ2n) is 3.04. The van der Waals surface area contributed by atoms with Gasteiger partial charge in [0.15, 0.2) is 0 Å². The zero-order valence-corrected chi connectivity index (χ0v) is 10.6. The van der Waals surface area contributed by atoms with Gasteiger partial charge in [0.25, 0.3) is 6.42 Å². The lowest BCUT2D eigenvalue weighted by atomic mass is 11.2. The summed E-state index contributed by atoms with van der Waals surface area (Å²) in [6, 6.07) is 0. The second-order valence-corrected chi connectivity index (χ2v) is 9.28. The van der Waals surface area contributed by atoms with Gasteiger partial charge in [0, 0.05) is 42.3 Å². The van der Waals surface area contributed by atoms with Crippen molar-refractivity contribution < 1.29 is 0 Å². The van der Waals surface area contributed by atoms with E-state index in [0.717, 1.165) is 0 Å². The molecule has 0 saturated heterocycles. The Bertz CT molecular complexity index is 105. The van der Waals surface area contributed by atoms with Gasteiger partial charge in [0.1, 0.15) is 0 Å². The number of rotatable bonds is 3. The van der Waals surface area contributed by atoms with Crippen LogP contribution in [-0.2, 0) is 0 Å². The highest BCUT2D eigenvalue weighted by Gasteiger charge is 2.45. The molecule has 0 unspecified atom stereocenters. The fourth-order valence-electron chi connectivity index (χ4n) is 1.07. The summed E-state index contributed by atoms with van der Waals surface area (Å²) in [4.78, 5) is 0. The summed E-state index contributed by atoms with van der Waals surface area (Å²) in [5, 5.41) is 0. The largest absolute Gasteiger partial charge is 0.298 e. The minimum atomic E-state index is -1.37. The van der Waals surface area contributed by atoms with Gasteiger partial charge in [0.05, 0.1) is 0 Å². The molecule has 0 atom stereocenters. The van der Waals surface area contributed by atoms with Gasteiger partial charge < -0.3 is 0 Å². The molecule has 11 heavy (non-hydrogen) atoms. The quantitative estimate of drug-likeness (QED) is 0.699. The molecule has 0 aliphatic rings. The predicted molar refractivity (Wildman–Crippen MR) is 56.9 cm³/mol. The van der Waals surface area contributed by atoms with E-state index in [4.69, 9.17) is 0 Å². The maximum atomic E-state index is 3.77. The average Bonchev–Trinajstić information content (AvgIpc) is 1.84. The van der Waals surface area contributed by atoms with Crippen molar-refractivity contribution in [1.29, 1.82) is 0 Å². The molecule has 5 heteroatoms. The van der Waals surface area contributed by atoms with Crippen LogP contribution in [0.3, 0.4) is 0 Å². The van der Waals surface area contributed by atoms with E-state index in [1.165, 1.54) is 0 Å². The Balaban J connectivity index is 4.53. The minimum absolute atomic E-state index is 1.37. The molecule has 0 fully saturated rings. The maximum absolute atomic E-state index is 3.77. The Kier molecular flexibility index (Phi) is 4.45. The molecular weight excluding hydrogens is 225 g/mol. The van der Waals surface area contributed by atoms with Crippen molar-refractivity contribution in [2.75, 3.05) is 42.3 Å². The number of nitrogens with zero attached hydrogens (tertiary/aromatic N) is 3. The van der Waals surface area contributed by atoms with E-state index in [0.29, 0.717) is 0 Å². The molecule has 0 radical (unpaired) electrons. The number of halogens is 1. The van der Waals surface area contributed by atoms with Crippen LogP contribution >= 0.6 is 21.9 Å². The second kappa shape index (κ2) is 4.15. The Morgan fingerprint density at radius 3 is 0.909 bits per heavy atom. The van der Waals surface area contributed by atoms with E-state index >= 15 is 0 Å². The topological polar surface area (TPSA) is 9.72 Å². The Morgan fingerprint density at radius 2 is 0.909 bits per heavy atom.